The van der Waals surface area contributed by atoms with Crippen LogP contribution in [-0.2, 0) is 0 Å². The lowest BCUT2D eigenvalue weighted by molar-refractivity contribution is 0.703. The first-order valence-corrected chi connectivity index (χ1v) is 6.51. The van der Waals surface area contributed by atoms with Gasteiger partial charge in [0, 0.05) is 13.5 Å². The topological polar surface area (TPSA) is 35.8 Å². The minimum absolute atomic E-state index is 1.10. The van der Waals surface area contributed by atoms with Crippen LogP contribution >= 0.6 is 0 Å². The molecule has 0 fully saturated rings. The van der Waals surface area contributed by atoms with Crippen molar-refractivity contribution >= 4 is 0 Å². The molecule has 0 radical (unpaired) electrons. The Labute approximate surface area is 108 Å². The predicted molar refractivity (Wildman–Crippen MR) is 79.0 cm³/mol. The lowest BCUT2D eigenvalue weighted by atomic mass is 10.2. The van der Waals surface area contributed by atoms with Crippen LogP contribution in [0.15, 0.2) is 23.8 Å². The largest absolute Gasteiger partial charge is 0.313 e. The fraction of sp³-hybridized carbons (Fsp3) is 0.667. The third-order valence-electron chi connectivity index (χ3n) is 1.69. The Kier molecular flexibility index (Phi) is 30.3. The van der Waals surface area contributed by atoms with Gasteiger partial charge in [-0.3, -0.25) is 0 Å². The lowest BCUT2D eigenvalue weighted by Crippen LogP contribution is -2.20. The minimum atomic E-state index is 1.10. The summed E-state index contributed by atoms with van der Waals surface area (Å²) >= 11 is 0. The van der Waals surface area contributed by atoms with Crippen LogP contribution in [0.5, 0.6) is 0 Å². The Balaban J connectivity index is -0.000000174. The molecule has 0 saturated heterocycles. The average molecular weight is 238 g/mol. The second-order valence-corrected chi connectivity index (χ2v) is 3.22. The molecule has 2 nitrogen and oxygen atoms in total. The molecule has 0 unspecified atom stereocenters. The van der Waals surface area contributed by atoms with Crippen LogP contribution in [0.4, 0.5) is 0 Å². The summed E-state index contributed by atoms with van der Waals surface area (Å²) < 4.78 is 0. The van der Waals surface area contributed by atoms with Crippen molar-refractivity contribution in [3.8, 4) is 6.07 Å². The highest BCUT2D eigenvalue weighted by atomic mass is 14.9. The van der Waals surface area contributed by atoms with Crippen LogP contribution in [0, 0.1) is 11.3 Å². The molecule has 0 spiro atoms. The number of allylic oxidation sites excluding steroid dienone is 2. The molecule has 2 heteroatoms. The van der Waals surface area contributed by atoms with Crippen molar-refractivity contribution in [2.24, 2.45) is 0 Å². The highest BCUT2D eigenvalue weighted by Gasteiger charge is 1.93. The Morgan fingerprint density at radius 3 is 2.12 bits per heavy atom. The number of hydrogen-bond donors (Lipinski definition) is 1. The van der Waals surface area contributed by atoms with Gasteiger partial charge in [-0.1, -0.05) is 44.6 Å². The van der Waals surface area contributed by atoms with Gasteiger partial charge in [-0.25, -0.2) is 0 Å². The summed E-state index contributed by atoms with van der Waals surface area (Å²) in [5.74, 6) is 0. The molecule has 0 bridgehead atoms. The van der Waals surface area contributed by atoms with Gasteiger partial charge in [0.25, 0.3) is 0 Å². The molecule has 0 aromatic rings. The average Bonchev–Trinajstić information content (AvgIpc) is 2.35. The van der Waals surface area contributed by atoms with E-state index in [0.717, 1.165) is 19.5 Å². The first-order valence-electron chi connectivity index (χ1n) is 6.51. The van der Waals surface area contributed by atoms with E-state index in [0.29, 0.717) is 0 Å². The summed E-state index contributed by atoms with van der Waals surface area (Å²) in [6.07, 6.45) is 8.85. The fourth-order valence-electron chi connectivity index (χ4n) is 1.01. The Morgan fingerprint density at radius 2 is 2.00 bits per heavy atom. The van der Waals surface area contributed by atoms with Crippen LogP contribution in [0.1, 0.15) is 54.4 Å². The number of hydrogen-bond acceptors (Lipinski definition) is 2. The monoisotopic (exact) mass is 238 g/mol. The Bertz CT molecular complexity index is 209. The molecule has 1 heterocycles. The van der Waals surface area contributed by atoms with Crippen molar-refractivity contribution in [1.29, 1.82) is 5.26 Å². The van der Waals surface area contributed by atoms with Gasteiger partial charge in [0.2, 0.25) is 0 Å². The number of nitriles is 1. The van der Waals surface area contributed by atoms with Gasteiger partial charge in [-0.2, -0.15) is 5.26 Å². The maximum atomic E-state index is 7.32. The van der Waals surface area contributed by atoms with E-state index in [1.54, 1.807) is 6.07 Å². The quantitative estimate of drug-likeness (QED) is 0.685. The highest BCUT2D eigenvalue weighted by Crippen LogP contribution is 1.96. The molecule has 100 valence electrons. The maximum absolute atomic E-state index is 7.32. The number of rotatable bonds is 1. The summed E-state index contributed by atoms with van der Waals surface area (Å²) in [6, 6.07) is 1.75. The zero-order valence-corrected chi connectivity index (χ0v) is 12.5. The zero-order valence-electron chi connectivity index (χ0n) is 12.5. The minimum Gasteiger partial charge on any atom is -0.313 e. The first kappa shape index (κ1) is 21.2. The van der Waals surface area contributed by atoms with Gasteiger partial charge in [-0.15, -0.1) is 0 Å². The van der Waals surface area contributed by atoms with Crippen molar-refractivity contribution in [2.45, 2.75) is 54.4 Å². The molecule has 1 aliphatic rings. The third kappa shape index (κ3) is 31.3. The second-order valence-electron chi connectivity index (χ2n) is 3.22. The molecule has 0 aliphatic carbocycles. The molecule has 0 atom stereocenters. The third-order valence-corrected chi connectivity index (χ3v) is 1.69. The standard InChI is InChI=1S/C6H11N.C5H10.C2H3N.C2H6/c1-6-3-2-4-7-5-6;1-3-5-4-2;1-2-3;1-2/h3,7H,2,4-5H2,1H3;3,5H,4H2,1-2H3;1H3;1-2H3/b;5-3-;;. The van der Waals surface area contributed by atoms with Gasteiger partial charge >= 0.3 is 0 Å². The van der Waals surface area contributed by atoms with Crippen molar-refractivity contribution in [3.63, 3.8) is 0 Å². The smallest absolute Gasteiger partial charge is 0.0587 e. The molecule has 1 rings (SSSR count). The van der Waals surface area contributed by atoms with E-state index < -0.39 is 0 Å². The summed E-state index contributed by atoms with van der Waals surface area (Å²) in [5.41, 5.74) is 1.48. The van der Waals surface area contributed by atoms with E-state index in [4.69, 9.17) is 5.26 Å². The molecule has 1 N–H and O–H groups in total. The van der Waals surface area contributed by atoms with Crippen LogP contribution in [0.25, 0.3) is 0 Å². The van der Waals surface area contributed by atoms with Crippen LogP contribution in [0.2, 0.25) is 0 Å². The molecule has 1 aliphatic heterocycles. The highest BCUT2D eigenvalue weighted by molar-refractivity contribution is 5.03. The van der Waals surface area contributed by atoms with E-state index in [-0.39, 0.29) is 0 Å². The lowest BCUT2D eigenvalue weighted by Gasteiger charge is -2.08. The van der Waals surface area contributed by atoms with E-state index in [9.17, 15) is 0 Å². The number of nitrogens with one attached hydrogen (secondary N) is 1. The molecular weight excluding hydrogens is 208 g/mol. The van der Waals surface area contributed by atoms with Crippen LogP contribution < -0.4 is 5.32 Å². The molecular formula is C15H30N2. The van der Waals surface area contributed by atoms with Gasteiger partial charge < -0.3 is 5.32 Å². The Hall–Kier alpha value is -1.07. The summed E-state index contributed by atoms with van der Waals surface area (Å²) in [6.45, 7) is 14.0. The molecule has 0 amide bonds. The van der Waals surface area contributed by atoms with Crippen LogP contribution in [0.3, 0.4) is 0 Å². The Morgan fingerprint density at radius 1 is 1.47 bits per heavy atom. The first-order chi connectivity index (χ1) is 8.22. The van der Waals surface area contributed by atoms with Crippen molar-refractivity contribution in [1.82, 2.24) is 5.32 Å². The van der Waals surface area contributed by atoms with E-state index in [2.05, 4.69) is 37.4 Å². The van der Waals surface area contributed by atoms with Gasteiger partial charge in [0.1, 0.15) is 0 Å². The molecule has 0 saturated carbocycles. The van der Waals surface area contributed by atoms with E-state index in [1.165, 1.54) is 18.9 Å². The second kappa shape index (κ2) is 24.3. The summed E-state index contributed by atoms with van der Waals surface area (Å²) in [7, 11) is 0. The fourth-order valence-corrected chi connectivity index (χ4v) is 1.01. The maximum Gasteiger partial charge on any atom is 0.0587 e. The normalized spacial score (nSPS) is 12.6. The van der Waals surface area contributed by atoms with Crippen molar-refractivity contribution in [2.75, 3.05) is 13.1 Å². The SMILES string of the molecule is C/C=C\CC.CC.CC#N.CC1=CCCNC1. The van der Waals surface area contributed by atoms with Gasteiger partial charge in [0.05, 0.1) is 6.07 Å². The van der Waals surface area contributed by atoms with E-state index in [1.807, 2.05) is 20.8 Å². The molecule has 17 heavy (non-hydrogen) atoms. The van der Waals surface area contributed by atoms with Gasteiger partial charge in [-0.05, 0) is 33.2 Å². The zero-order chi connectivity index (χ0) is 13.9. The predicted octanol–water partition coefficient (Wildman–Crippen LogP) is 4.45. The molecule has 0 aromatic heterocycles. The molecule has 0 aromatic carbocycles. The van der Waals surface area contributed by atoms with E-state index >= 15 is 0 Å². The summed E-state index contributed by atoms with van der Waals surface area (Å²) in [5, 5.41) is 10.6. The summed E-state index contributed by atoms with van der Waals surface area (Å²) in [4.78, 5) is 0. The van der Waals surface area contributed by atoms with Crippen molar-refractivity contribution in [3.05, 3.63) is 23.8 Å². The number of nitrogens with zero attached hydrogens (tertiary/aromatic N) is 1. The van der Waals surface area contributed by atoms with Gasteiger partial charge in [0.15, 0.2) is 0 Å². The van der Waals surface area contributed by atoms with Crippen molar-refractivity contribution < 1.29 is 0 Å². The van der Waals surface area contributed by atoms with Crippen LogP contribution in [-0.4, -0.2) is 13.1 Å².